The highest BCUT2D eigenvalue weighted by molar-refractivity contribution is 6.29. The van der Waals surface area contributed by atoms with Crippen molar-refractivity contribution < 1.29 is 0 Å². The summed E-state index contributed by atoms with van der Waals surface area (Å²) >= 11 is 5.32. The van der Waals surface area contributed by atoms with Crippen molar-refractivity contribution >= 4 is 17.8 Å². The summed E-state index contributed by atoms with van der Waals surface area (Å²) in [5.74, 6) is 0. The molecule has 2 nitrogen and oxygen atoms in total. The molecule has 0 rings (SSSR count). The Morgan fingerprint density at radius 2 is 2.22 bits per heavy atom. The van der Waals surface area contributed by atoms with Gasteiger partial charge in [-0.15, -0.1) is 0 Å². The highest BCUT2D eigenvalue weighted by Crippen LogP contribution is 1.95. The van der Waals surface area contributed by atoms with E-state index < -0.39 is 0 Å². The Bertz CT molecular complexity index is 149. The van der Waals surface area contributed by atoms with Crippen molar-refractivity contribution in [2.75, 3.05) is 7.05 Å². The van der Waals surface area contributed by atoms with Gasteiger partial charge in [0.1, 0.15) is 5.16 Å². The van der Waals surface area contributed by atoms with Crippen LogP contribution in [0.2, 0.25) is 0 Å². The van der Waals surface area contributed by atoms with Gasteiger partial charge in [-0.1, -0.05) is 24.8 Å². The molecule has 0 aliphatic heterocycles. The van der Waals surface area contributed by atoms with E-state index in [2.05, 4.69) is 23.5 Å². The van der Waals surface area contributed by atoms with Gasteiger partial charge in [-0.05, 0) is 0 Å². The number of nitrogens with zero attached hydrogens (tertiary/aromatic N) is 1. The molecule has 1 N–H and O–H groups in total. The van der Waals surface area contributed by atoms with Gasteiger partial charge in [0, 0.05) is 12.7 Å². The van der Waals surface area contributed by atoms with Crippen LogP contribution in [0.4, 0.5) is 0 Å². The van der Waals surface area contributed by atoms with E-state index in [1.54, 1.807) is 7.05 Å². The molecule has 0 saturated heterocycles. The summed E-state index contributed by atoms with van der Waals surface area (Å²) in [5.41, 5.74) is 0.705. The number of halogens is 1. The molecule has 9 heavy (non-hydrogen) atoms. The standard InChI is InChI=1S/C6H9ClN2/c1-5(8-3)4-9-6(2)7/h4,8H,1-2H2,3H3/b9-4-. The summed E-state index contributed by atoms with van der Waals surface area (Å²) in [7, 11) is 1.76. The molecular formula is C6H9ClN2. The highest BCUT2D eigenvalue weighted by atomic mass is 35.5. The normalized spacial score (nSPS) is 9.56. The van der Waals surface area contributed by atoms with Crippen molar-refractivity contribution in [3.63, 3.8) is 0 Å². The van der Waals surface area contributed by atoms with E-state index >= 15 is 0 Å². The van der Waals surface area contributed by atoms with Crippen LogP contribution in [0.5, 0.6) is 0 Å². The molecule has 0 radical (unpaired) electrons. The number of hydrogen-bond acceptors (Lipinski definition) is 2. The van der Waals surface area contributed by atoms with Crippen LogP contribution in [0.15, 0.2) is 29.0 Å². The van der Waals surface area contributed by atoms with Crippen LogP contribution >= 0.6 is 11.6 Å². The van der Waals surface area contributed by atoms with Crippen LogP contribution in [0.25, 0.3) is 0 Å². The summed E-state index contributed by atoms with van der Waals surface area (Å²) in [4.78, 5) is 3.68. The van der Waals surface area contributed by atoms with Gasteiger partial charge in [0.05, 0.1) is 6.21 Å². The van der Waals surface area contributed by atoms with Crippen molar-refractivity contribution in [3.05, 3.63) is 24.0 Å². The number of hydrogen-bond donors (Lipinski definition) is 1. The molecule has 3 heteroatoms. The lowest BCUT2D eigenvalue weighted by atomic mass is 10.5. The minimum atomic E-state index is 0.256. The summed E-state index contributed by atoms with van der Waals surface area (Å²) in [6, 6.07) is 0. The fraction of sp³-hybridized carbons (Fsp3) is 0.167. The molecule has 0 saturated carbocycles. The van der Waals surface area contributed by atoms with Crippen molar-refractivity contribution in [3.8, 4) is 0 Å². The first-order chi connectivity index (χ1) is 4.16. The monoisotopic (exact) mass is 144 g/mol. The molecule has 50 valence electrons. The molecule has 0 amide bonds. The Morgan fingerprint density at radius 3 is 2.56 bits per heavy atom. The van der Waals surface area contributed by atoms with Crippen molar-refractivity contribution in [1.29, 1.82) is 0 Å². The fourth-order valence-electron chi connectivity index (χ4n) is 0.213. The molecule has 0 bridgehead atoms. The molecule has 0 spiro atoms. The van der Waals surface area contributed by atoms with Gasteiger partial charge in [0.25, 0.3) is 0 Å². The first-order valence-electron chi connectivity index (χ1n) is 2.42. The highest BCUT2D eigenvalue weighted by Gasteiger charge is 1.80. The molecule has 0 unspecified atom stereocenters. The minimum Gasteiger partial charge on any atom is -0.387 e. The van der Waals surface area contributed by atoms with Crippen LogP contribution in [0, 0.1) is 0 Å². The largest absolute Gasteiger partial charge is 0.387 e. The minimum absolute atomic E-state index is 0.256. The van der Waals surface area contributed by atoms with Gasteiger partial charge in [-0.2, -0.15) is 0 Å². The maximum atomic E-state index is 5.32. The zero-order valence-electron chi connectivity index (χ0n) is 5.32. The van der Waals surface area contributed by atoms with Crippen LogP contribution in [-0.2, 0) is 0 Å². The Balaban J connectivity index is 3.71. The van der Waals surface area contributed by atoms with E-state index in [-0.39, 0.29) is 5.16 Å². The second-order valence-corrected chi connectivity index (χ2v) is 1.85. The predicted octanol–water partition coefficient (Wildman–Crippen LogP) is 1.50. The number of aliphatic imine (C=N–C) groups is 1. The molecule has 0 aromatic carbocycles. The number of allylic oxidation sites excluding steroid dienone is 1. The van der Waals surface area contributed by atoms with Crippen LogP contribution in [0.3, 0.4) is 0 Å². The van der Waals surface area contributed by atoms with Gasteiger partial charge >= 0.3 is 0 Å². The van der Waals surface area contributed by atoms with Crippen LogP contribution in [-0.4, -0.2) is 13.3 Å². The van der Waals surface area contributed by atoms with Crippen molar-refractivity contribution in [2.24, 2.45) is 4.99 Å². The van der Waals surface area contributed by atoms with Gasteiger partial charge in [0.15, 0.2) is 0 Å². The molecule has 0 heterocycles. The van der Waals surface area contributed by atoms with Crippen molar-refractivity contribution in [1.82, 2.24) is 5.32 Å². The first-order valence-corrected chi connectivity index (χ1v) is 2.79. The molecule has 0 aliphatic rings. The lowest BCUT2D eigenvalue weighted by molar-refractivity contribution is 1.07. The quantitative estimate of drug-likeness (QED) is 0.471. The second kappa shape index (κ2) is 4.15. The van der Waals surface area contributed by atoms with E-state index in [1.807, 2.05) is 0 Å². The molecule has 0 aromatic heterocycles. The fourth-order valence-corrected chi connectivity index (χ4v) is 0.261. The maximum Gasteiger partial charge on any atom is 0.121 e. The van der Waals surface area contributed by atoms with Gasteiger partial charge in [-0.25, -0.2) is 4.99 Å². The first kappa shape index (κ1) is 8.24. The molecule has 0 aromatic rings. The number of nitrogens with one attached hydrogen (secondary N) is 1. The lowest BCUT2D eigenvalue weighted by Gasteiger charge is -1.92. The Morgan fingerprint density at radius 1 is 1.67 bits per heavy atom. The summed E-state index contributed by atoms with van der Waals surface area (Å²) in [5, 5.41) is 3.03. The zero-order valence-corrected chi connectivity index (χ0v) is 6.07. The molecule has 0 atom stereocenters. The third-order valence-electron chi connectivity index (χ3n) is 0.682. The average molecular weight is 145 g/mol. The van der Waals surface area contributed by atoms with Gasteiger partial charge < -0.3 is 5.32 Å². The smallest absolute Gasteiger partial charge is 0.121 e. The topological polar surface area (TPSA) is 24.4 Å². The summed E-state index contributed by atoms with van der Waals surface area (Å²) in [6.07, 6.45) is 1.51. The molecular weight excluding hydrogens is 136 g/mol. The molecule has 0 aliphatic carbocycles. The zero-order chi connectivity index (χ0) is 7.28. The van der Waals surface area contributed by atoms with Crippen LogP contribution < -0.4 is 5.32 Å². The lowest BCUT2D eigenvalue weighted by Crippen LogP contribution is -2.04. The van der Waals surface area contributed by atoms with Gasteiger partial charge in [-0.3, -0.25) is 0 Å². The van der Waals surface area contributed by atoms with Crippen molar-refractivity contribution in [2.45, 2.75) is 0 Å². The van der Waals surface area contributed by atoms with Gasteiger partial charge in [0.2, 0.25) is 0 Å². The Hall–Kier alpha value is -0.760. The van der Waals surface area contributed by atoms with E-state index in [9.17, 15) is 0 Å². The van der Waals surface area contributed by atoms with E-state index in [1.165, 1.54) is 6.21 Å². The van der Waals surface area contributed by atoms with E-state index in [0.29, 0.717) is 5.70 Å². The SMILES string of the molecule is C=C(Cl)/N=C\C(=C)NC. The van der Waals surface area contributed by atoms with Crippen LogP contribution in [0.1, 0.15) is 0 Å². The third-order valence-corrected chi connectivity index (χ3v) is 0.779. The van der Waals surface area contributed by atoms with E-state index in [0.717, 1.165) is 0 Å². The number of rotatable bonds is 3. The Kier molecular flexibility index (Phi) is 3.80. The average Bonchev–Trinajstić information content (AvgIpc) is 1.83. The Labute approximate surface area is 59.9 Å². The summed E-state index contributed by atoms with van der Waals surface area (Å²) in [6.45, 7) is 6.94. The molecule has 0 fully saturated rings. The third kappa shape index (κ3) is 5.11. The summed E-state index contributed by atoms with van der Waals surface area (Å²) < 4.78 is 0. The van der Waals surface area contributed by atoms with E-state index in [4.69, 9.17) is 11.6 Å². The maximum absolute atomic E-state index is 5.32. The predicted molar refractivity (Wildman–Crippen MR) is 41.7 cm³/mol. The second-order valence-electron chi connectivity index (χ2n) is 1.41.